The van der Waals surface area contributed by atoms with Gasteiger partial charge in [-0.25, -0.2) is 4.39 Å². The first-order chi connectivity index (χ1) is 7.70. The summed E-state index contributed by atoms with van der Waals surface area (Å²) < 4.78 is 13.0. The quantitative estimate of drug-likeness (QED) is 0.765. The number of hydrogen-bond acceptors (Lipinski definition) is 1. The van der Waals surface area contributed by atoms with Crippen LogP contribution in [0.4, 0.5) is 4.39 Å². The molecule has 1 aromatic rings. The number of nitrogens with zero attached hydrogens (tertiary/aromatic N) is 1. The van der Waals surface area contributed by atoms with E-state index in [4.69, 9.17) is 0 Å². The lowest BCUT2D eigenvalue weighted by Gasteiger charge is -2.20. The summed E-state index contributed by atoms with van der Waals surface area (Å²) in [5, 5.41) is 0. The standard InChI is InChI=1S/C13H16FNO/c1-2-15(13(16)11-6-7-11)9-10-4-3-5-12(14)8-10/h3-5,8,11H,2,6-7,9H2,1H3. The molecule has 0 radical (unpaired) electrons. The Bertz CT molecular complexity index is 387. The van der Waals surface area contributed by atoms with Crippen LogP contribution in [-0.2, 0) is 11.3 Å². The monoisotopic (exact) mass is 221 g/mol. The highest BCUT2D eigenvalue weighted by Crippen LogP contribution is 2.31. The maximum atomic E-state index is 13.0. The van der Waals surface area contributed by atoms with Gasteiger partial charge >= 0.3 is 0 Å². The molecule has 2 nitrogen and oxygen atoms in total. The highest BCUT2D eigenvalue weighted by molar-refractivity contribution is 5.81. The SMILES string of the molecule is CCN(Cc1cccc(F)c1)C(=O)C1CC1. The predicted molar refractivity (Wildman–Crippen MR) is 60.2 cm³/mol. The van der Waals surface area contributed by atoms with Crippen LogP contribution < -0.4 is 0 Å². The molecule has 2 rings (SSSR count). The topological polar surface area (TPSA) is 20.3 Å². The highest BCUT2D eigenvalue weighted by atomic mass is 19.1. The summed E-state index contributed by atoms with van der Waals surface area (Å²) in [7, 11) is 0. The molecule has 0 N–H and O–H groups in total. The third kappa shape index (κ3) is 2.60. The van der Waals surface area contributed by atoms with Gasteiger partial charge in [0.2, 0.25) is 5.91 Å². The second-order valence-electron chi connectivity index (χ2n) is 4.26. The molecule has 1 fully saturated rings. The van der Waals surface area contributed by atoms with Crippen LogP contribution in [0.2, 0.25) is 0 Å². The van der Waals surface area contributed by atoms with Crippen molar-refractivity contribution < 1.29 is 9.18 Å². The van der Waals surface area contributed by atoms with Gasteiger partial charge in [-0.05, 0) is 37.5 Å². The Morgan fingerprint density at radius 3 is 2.81 bits per heavy atom. The molecule has 0 aliphatic heterocycles. The van der Waals surface area contributed by atoms with Gasteiger partial charge in [0, 0.05) is 19.0 Å². The lowest BCUT2D eigenvalue weighted by molar-refractivity contribution is -0.132. The molecule has 3 heteroatoms. The summed E-state index contributed by atoms with van der Waals surface area (Å²) in [6.07, 6.45) is 2.02. The van der Waals surface area contributed by atoms with E-state index in [0.29, 0.717) is 13.1 Å². The molecular weight excluding hydrogens is 205 g/mol. The molecule has 1 amide bonds. The summed E-state index contributed by atoms with van der Waals surface area (Å²) in [6.45, 7) is 3.16. The second kappa shape index (κ2) is 4.64. The van der Waals surface area contributed by atoms with Crippen molar-refractivity contribution in [3.63, 3.8) is 0 Å². The molecule has 0 bridgehead atoms. The van der Waals surface area contributed by atoms with Crippen LogP contribution in [0.15, 0.2) is 24.3 Å². The maximum Gasteiger partial charge on any atom is 0.225 e. The van der Waals surface area contributed by atoms with E-state index in [2.05, 4.69) is 0 Å². The minimum Gasteiger partial charge on any atom is -0.338 e. The predicted octanol–water partition coefficient (Wildman–Crippen LogP) is 2.58. The number of carbonyl (C=O) groups excluding carboxylic acids is 1. The molecule has 0 aromatic heterocycles. The number of amides is 1. The Labute approximate surface area is 95.1 Å². The van der Waals surface area contributed by atoms with E-state index < -0.39 is 0 Å². The van der Waals surface area contributed by atoms with E-state index in [0.717, 1.165) is 18.4 Å². The molecule has 1 aromatic carbocycles. The van der Waals surface area contributed by atoms with Gasteiger partial charge in [0.1, 0.15) is 5.82 Å². The van der Waals surface area contributed by atoms with Gasteiger partial charge in [0.05, 0.1) is 0 Å². The van der Waals surface area contributed by atoms with Crippen molar-refractivity contribution in [2.45, 2.75) is 26.3 Å². The first-order valence-corrected chi connectivity index (χ1v) is 5.74. The molecule has 0 atom stereocenters. The normalized spacial score (nSPS) is 14.9. The number of hydrogen-bond donors (Lipinski definition) is 0. The largest absolute Gasteiger partial charge is 0.338 e. The van der Waals surface area contributed by atoms with Crippen LogP contribution in [0.25, 0.3) is 0 Å². The fourth-order valence-corrected chi connectivity index (χ4v) is 1.79. The number of benzene rings is 1. The van der Waals surface area contributed by atoms with E-state index in [-0.39, 0.29) is 17.6 Å². The summed E-state index contributed by atoms with van der Waals surface area (Å²) in [5.41, 5.74) is 0.857. The van der Waals surface area contributed by atoms with E-state index in [1.54, 1.807) is 11.0 Å². The summed E-state index contributed by atoms with van der Waals surface area (Å²) in [6, 6.07) is 6.44. The van der Waals surface area contributed by atoms with Gasteiger partial charge in [-0.1, -0.05) is 12.1 Å². The fourth-order valence-electron chi connectivity index (χ4n) is 1.79. The van der Waals surface area contributed by atoms with Crippen LogP contribution in [0, 0.1) is 11.7 Å². The Hall–Kier alpha value is -1.38. The van der Waals surface area contributed by atoms with Crippen LogP contribution in [0.5, 0.6) is 0 Å². The average molecular weight is 221 g/mol. The molecule has 0 saturated heterocycles. The molecular formula is C13H16FNO. The van der Waals surface area contributed by atoms with Crippen LogP contribution in [-0.4, -0.2) is 17.4 Å². The van der Waals surface area contributed by atoms with Crippen molar-refractivity contribution in [1.82, 2.24) is 4.90 Å². The summed E-state index contributed by atoms with van der Waals surface area (Å²) in [4.78, 5) is 13.7. The smallest absolute Gasteiger partial charge is 0.225 e. The third-order valence-corrected chi connectivity index (χ3v) is 2.88. The number of rotatable bonds is 4. The third-order valence-electron chi connectivity index (χ3n) is 2.88. The first kappa shape index (κ1) is 11.1. The number of carbonyl (C=O) groups is 1. The summed E-state index contributed by atoms with van der Waals surface area (Å²) in [5.74, 6) is 0.202. The van der Waals surface area contributed by atoms with Gasteiger partial charge in [-0.15, -0.1) is 0 Å². The molecule has 0 unspecified atom stereocenters. The van der Waals surface area contributed by atoms with Crippen molar-refractivity contribution in [1.29, 1.82) is 0 Å². The van der Waals surface area contributed by atoms with Gasteiger partial charge in [0.15, 0.2) is 0 Å². The van der Waals surface area contributed by atoms with E-state index in [1.807, 2.05) is 13.0 Å². The molecule has 16 heavy (non-hydrogen) atoms. The van der Waals surface area contributed by atoms with Gasteiger partial charge in [0.25, 0.3) is 0 Å². The molecule has 1 aliphatic rings. The lowest BCUT2D eigenvalue weighted by Crippen LogP contribution is -2.31. The second-order valence-corrected chi connectivity index (χ2v) is 4.26. The molecule has 1 aliphatic carbocycles. The van der Waals surface area contributed by atoms with Crippen molar-refractivity contribution in [3.8, 4) is 0 Å². The van der Waals surface area contributed by atoms with Gasteiger partial charge in [-0.2, -0.15) is 0 Å². The van der Waals surface area contributed by atoms with Crippen molar-refractivity contribution in [3.05, 3.63) is 35.6 Å². The summed E-state index contributed by atoms with van der Waals surface area (Å²) >= 11 is 0. The highest BCUT2D eigenvalue weighted by Gasteiger charge is 2.32. The Morgan fingerprint density at radius 1 is 1.50 bits per heavy atom. The Balaban J connectivity index is 2.03. The van der Waals surface area contributed by atoms with Gasteiger partial charge < -0.3 is 4.90 Å². The zero-order valence-electron chi connectivity index (χ0n) is 9.45. The number of halogens is 1. The van der Waals surface area contributed by atoms with Crippen LogP contribution >= 0.6 is 0 Å². The van der Waals surface area contributed by atoms with Gasteiger partial charge in [-0.3, -0.25) is 4.79 Å². The lowest BCUT2D eigenvalue weighted by atomic mass is 10.2. The molecule has 1 saturated carbocycles. The minimum atomic E-state index is -0.243. The molecule has 0 spiro atoms. The van der Waals surface area contributed by atoms with E-state index in [9.17, 15) is 9.18 Å². The maximum absolute atomic E-state index is 13.0. The fraction of sp³-hybridized carbons (Fsp3) is 0.462. The van der Waals surface area contributed by atoms with Crippen molar-refractivity contribution in [2.75, 3.05) is 6.54 Å². The first-order valence-electron chi connectivity index (χ1n) is 5.74. The molecule has 0 heterocycles. The van der Waals surface area contributed by atoms with E-state index >= 15 is 0 Å². The zero-order valence-corrected chi connectivity index (χ0v) is 9.45. The van der Waals surface area contributed by atoms with E-state index in [1.165, 1.54) is 12.1 Å². The minimum absolute atomic E-state index is 0.215. The zero-order chi connectivity index (χ0) is 11.5. The van der Waals surface area contributed by atoms with Crippen LogP contribution in [0.1, 0.15) is 25.3 Å². The Morgan fingerprint density at radius 2 is 2.25 bits per heavy atom. The van der Waals surface area contributed by atoms with Crippen molar-refractivity contribution in [2.24, 2.45) is 5.92 Å². The molecule has 86 valence electrons. The van der Waals surface area contributed by atoms with Crippen molar-refractivity contribution >= 4 is 5.91 Å². The van der Waals surface area contributed by atoms with Crippen LogP contribution in [0.3, 0.4) is 0 Å². The average Bonchev–Trinajstić information content (AvgIpc) is 3.09. The Kier molecular flexibility index (Phi) is 3.22.